The van der Waals surface area contributed by atoms with Crippen LogP contribution in [0.15, 0.2) is 48.7 Å². The number of rotatable bonds is 4. The molecule has 1 aromatic carbocycles. The first-order valence-electron chi connectivity index (χ1n) is 4.49. The minimum Gasteiger partial charge on any atom is -0.487 e. The predicted octanol–water partition coefficient (Wildman–Crippen LogP) is 2.40. The SMILES string of the molecule is C=C/C=C(\N)COc1ccc(C)cc1. The molecule has 1 rings (SSSR count). The maximum Gasteiger partial charge on any atom is 0.127 e. The summed E-state index contributed by atoms with van der Waals surface area (Å²) in [5, 5.41) is 0. The van der Waals surface area contributed by atoms with Crippen molar-refractivity contribution in [1.29, 1.82) is 0 Å². The Balaban J connectivity index is 2.49. The first-order chi connectivity index (χ1) is 6.72. The standard InChI is InChI=1S/C12H15NO/c1-3-4-11(13)9-14-12-7-5-10(2)6-8-12/h3-8H,1,9,13H2,2H3/b11-4-. The minimum atomic E-state index is 0.398. The van der Waals surface area contributed by atoms with Crippen molar-refractivity contribution in [2.45, 2.75) is 6.92 Å². The van der Waals surface area contributed by atoms with Gasteiger partial charge in [-0.25, -0.2) is 0 Å². The Bertz CT molecular complexity index is 325. The van der Waals surface area contributed by atoms with Gasteiger partial charge in [0.2, 0.25) is 0 Å². The normalized spacial score (nSPS) is 11.1. The van der Waals surface area contributed by atoms with Gasteiger partial charge in [-0.1, -0.05) is 30.4 Å². The van der Waals surface area contributed by atoms with E-state index in [1.807, 2.05) is 31.2 Å². The van der Waals surface area contributed by atoms with E-state index in [0.717, 1.165) is 5.75 Å². The number of aryl methyl sites for hydroxylation is 1. The van der Waals surface area contributed by atoms with Crippen LogP contribution < -0.4 is 10.5 Å². The smallest absolute Gasteiger partial charge is 0.127 e. The van der Waals surface area contributed by atoms with Gasteiger partial charge in [-0.2, -0.15) is 0 Å². The fraction of sp³-hybridized carbons (Fsp3) is 0.167. The highest BCUT2D eigenvalue weighted by atomic mass is 16.5. The number of hydrogen-bond acceptors (Lipinski definition) is 2. The van der Waals surface area contributed by atoms with Gasteiger partial charge < -0.3 is 10.5 Å². The average Bonchev–Trinajstić information content (AvgIpc) is 2.17. The van der Waals surface area contributed by atoms with Crippen molar-refractivity contribution >= 4 is 0 Å². The molecule has 0 saturated heterocycles. The Morgan fingerprint density at radius 1 is 1.43 bits per heavy atom. The van der Waals surface area contributed by atoms with Gasteiger partial charge in [0.05, 0.1) is 0 Å². The Hall–Kier alpha value is -1.70. The molecule has 2 heteroatoms. The van der Waals surface area contributed by atoms with Crippen molar-refractivity contribution in [1.82, 2.24) is 0 Å². The lowest BCUT2D eigenvalue weighted by Gasteiger charge is -2.05. The zero-order chi connectivity index (χ0) is 10.4. The molecule has 2 nitrogen and oxygen atoms in total. The summed E-state index contributed by atoms with van der Waals surface area (Å²) in [7, 11) is 0. The van der Waals surface area contributed by atoms with E-state index in [-0.39, 0.29) is 0 Å². The zero-order valence-electron chi connectivity index (χ0n) is 8.36. The van der Waals surface area contributed by atoms with Crippen LogP contribution in [0.25, 0.3) is 0 Å². The molecular weight excluding hydrogens is 174 g/mol. The number of nitrogens with two attached hydrogens (primary N) is 1. The molecule has 14 heavy (non-hydrogen) atoms. The van der Waals surface area contributed by atoms with Gasteiger partial charge in [0.25, 0.3) is 0 Å². The third-order valence-electron chi connectivity index (χ3n) is 1.76. The van der Waals surface area contributed by atoms with Crippen LogP contribution in [-0.2, 0) is 0 Å². The molecule has 0 heterocycles. The van der Waals surface area contributed by atoms with Crippen molar-refractivity contribution in [3.05, 3.63) is 54.3 Å². The van der Waals surface area contributed by atoms with E-state index >= 15 is 0 Å². The summed E-state index contributed by atoms with van der Waals surface area (Å²) >= 11 is 0. The number of hydrogen-bond donors (Lipinski definition) is 1. The third kappa shape index (κ3) is 3.35. The molecule has 0 saturated carbocycles. The molecule has 0 aliphatic carbocycles. The minimum absolute atomic E-state index is 0.398. The summed E-state index contributed by atoms with van der Waals surface area (Å²) in [5.41, 5.74) is 7.51. The zero-order valence-corrected chi connectivity index (χ0v) is 8.36. The molecule has 74 valence electrons. The van der Waals surface area contributed by atoms with Crippen LogP contribution in [-0.4, -0.2) is 6.61 Å². The highest BCUT2D eigenvalue weighted by Gasteiger charge is 1.93. The van der Waals surface area contributed by atoms with Crippen molar-refractivity contribution < 1.29 is 4.74 Å². The highest BCUT2D eigenvalue weighted by Crippen LogP contribution is 2.11. The fourth-order valence-corrected chi connectivity index (χ4v) is 1.00. The molecule has 0 unspecified atom stereocenters. The van der Waals surface area contributed by atoms with Gasteiger partial charge in [0.1, 0.15) is 12.4 Å². The van der Waals surface area contributed by atoms with Crippen molar-refractivity contribution in [3.8, 4) is 5.75 Å². The maximum atomic E-state index is 5.63. The lowest BCUT2D eigenvalue weighted by molar-refractivity contribution is 0.350. The van der Waals surface area contributed by atoms with Gasteiger partial charge in [-0.3, -0.25) is 0 Å². The summed E-state index contributed by atoms with van der Waals surface area (Å²) < 4.78 is 5.43. The maximum absolute atomic E-state index is 5.63. The predicted molar refractivity (Wildman–Crippen MR) is 59.1 cm³/mol. The second kappa shape index (κ2) is 5.12. The lowest BCUT2D eigenvalue weighted by Crippen LogP contribution is -2.08. The molecule has 0 bridgehead atoms. The van der Waals surface area contributed by atoms with Gasteiger partial charge in [0, 0.05) is 5.70 Å². The highest BCUT2D eigenvalue weighted by molar-refractivity contribution is 5.26. The van der Waals surface area contributed by atoms with E-state index in [0.29, 0.717) is 12.3 Å². The molecule has 0 spiro atoms. The molecule has 0 fully saturated rings. The van der Waals surface area contributed by atoms with E-state index < -0.39 is 0 Å². The molecule has 0 radical (unpaired) electrons. The van der Waals surface area contributed by atoms with E-state index in [2.05, 4.69) is 6.58 Å². The second-order valence-electron chi connectivity index (χ2n) is 3.08. The third-order valence-corrected chi connectivity index (χ3v) is 1.76. The quantitative estimate of drug-likeness (QED) is 0.738. The fourth-order valence-electron chi connectivity index (χ4n) is 1.00. The topological polar surface area (TPSA) is 35.2 Å². The van der Waals surface area contributed by atoms with Gasteiger partial charge >= 0.3 is 0 Å². The first kappa shape index (κ1) is 10.4. The molecule has 0 atom stereocenters. The Labute approximate surface area is 84.7 Å². The van der Waals surface area contributed by atoms with Crippen LogP contribution in [0.2, 0.25) is 0 Å². The van der Waals surface area contributed by atoms with Gasteiger partial charge in [0.15, 0.2) is 0 Å². The molecular formula is C12H15NO. The average molecular weight is 189 g/mol. The molecule has 0 aliphatic rings. The van der Waals surface area contributed by atoms with Crippen LogP contribution in [0.5, 0.6) is 5.75 Å². The lowest BCUT2D eigenvalue weighted by atomic mass is 10.2. The van der Waals surface area contributed by atoms with Crippen LogP contribution in [0.3, 0.4) is 0 Å². The number of ether oxygens (including phenoxy) is 1. The molecule has 0 aromatic heterocycles. The Kier molecular flexibility index (Phi) is 3.80. The summed E-state index contributed by atoms with van der Waals surface area (Å²) in [6.07, 6.45) is 3.38. The largest absolute Gasteiger partial charge is 0.487 e. The van der Waals surface area contributed by atoms with Gasteiger partial charge in [-0.15, -0.1) is 0 Å². The van der Waals surface area contributed by atoms with Crippen LogP contribution in [0, 0.1) is 6.92 Å². The molecule has 2 N–H and O–H groups in total. The first-order valence-corrected chi connectivity index (χ1v) is 4.49. The van der Waals surface area contributed by atoms with E-state index in [1.54, 1.807) is 12.2 Å². The van der Waals surface area contributed by atoms with Crippen molar-refractivity contribution in [2.24, 2.45) is 5.73 Å². The van der Waals surface area contributed by atoms with Crippen LogP contribution in [0.1, 0.15) is 5.56 Å². The van der Waals surface area contributed by atoms with E-state index in [1.165, 1.54) is 5.56 Å². The summed E-state index contributed by atoms with van der Waals surface area (Å²) in [4.78, 5) is 0. The van der Waals surface area contributed by atoms with Crippen LogP contribution in [0.4, 0.5) is 0 Å². The summed E-state index contributed by atoms with van der Waals surface area (Å²) in [5.74, 6) is 0.830. The van der Waals surface area contributed by atoms with Crippen LogP contribution >= 0.6 is 0 Å². The summed E-state index contributed by atoms with van der Waals surface area (Å²) in [6, 6.07) is 7.86. The second-order valence-corrected chi connectivity index (χ2v) is 3.08. The number of allylic oxidation sites excluding steroid dienone is 2. The molecule has 0 aliphatic heterocycles. The molecule has 1 aromatic rings. The van der Waals surface area contributed by atoms with Gasteiger partial charge in [-0.05, 0) is 25.1 Å². The van der Waals surface area contributed by atoms with Crippen molar-refractivity contribution in [2.75, 3.05) is 6.61 Å². The summed E-state index contributed by atoms with van der Waals surface area (Å²) in [6.45, 7) is 5.99. The number of benzene rings is 1. The van der Waals surface area contributed by atoms with Crippen molar-refractivity contribution in [3.63, 3.8) is 0 Å². The monoisotopic (exact) mass is 189 g/mol. The van der Waals surface area contributed by atoms with E-state index in [9.17, 15) is 0 Å². The van der Waals surface area contributed by atoms with E-state index in [4.69, 9.17) is 10.5 Å². The Morgan fingerprint density at radius 3 is 2.64 bits per heavy atom. The molecule has 0 amide bonds. The Morgan fingerprint density at radius 2 is 2.07 bits per heavy atom.